The van der Waals surface area contributed by atoms with Gasteiger partial charge in [-0.2, -0.15) is 9.61 Å². The van der Waals surface area contributed by atoms with Crippen LogP contribution in [-0.4, -0.2) is 75.3 Å². The van der Waals surface area contributed by atoms with Gasteiger partial charge in [0.15, 0.2) is 5.65 Å². The molecule has 3 aromatic rings. The van der Waals surface area contributed by atoms with Crippen molar-refractivity contribution in [1.29, 1.82) is 0 Å². The minimum absolute atomic E-state index is 0.426. The van der Waals surface area contributed by atoms with Crippen molar-refractivity contribution in [3.8, 4) is 11.4 Å². The predicted molar refractivity (Wildman–Crippen MR) is 104 cm³/mol. The fraction of sp³-hybridized carbons (Fsp3) is 0.526. The van der Waals surface area contributed by atoms with Gasteiger partial charge in [0.25, 0.3) is 0 Å². The van der Waals surface area contributed by atoms with E-state index in [0.717, 1.165) is 54.8 Å². The monoisotopic (exact) mass is 386 g/mol. The zero-order valence-electron chi connectivity index (χ0n) is 16.5. The van der Waals surface area contributed by atoms with Crippen molar-refractivity contribution in [3.05, 3.63) is 29.2 Å². The van der Waals surface area contributed by atoms with E-state index >= 15 is 0 Å². The molecule has 150 valence electrons. The first-order valence-electron chi connectivity index (χ1n) is 9.54. The van der Waals surface area contributed by atoms with Gasteiger partial charge in [0, 0.05) is 49.6 Å². The van der Waals surface area contributed by atoms with Gasteiger partial charge in [0.05, 0.1) is 19.3 Å². The Morgan fingerprint density at radius 3 is 2.68 bits per heavy atom. The van der Waals surface area contributed by atoms with Crippen LogP contribution in [0.1, 0.15) is 17.0 Å². The molecule has 0 radical (unpaired) electrons. The molecule has 0 spiro atoms. The molecule has 9 heteroatoms. The summed E-state index contributed by atoms with van der Waals surface area (Å²) in [7, 11) is 0. The molecule has 0 aliphatic carbocycles. The lowest BCUT2D eigenvalue weighted by atomic mass is 10.2. The standard InChI is InChI=1S/C19H26N6O3/c1-12-8-17(23-28-12)16-9-18-21-14(3)13(2)19(25(18)22-16)20-10-15(26)11-24-4-6-27-7-5-24/h8-9,15,20,26H,4-7,10-11H2,1-3H3/t15-/m1/s1. The Bertz CT molecular complexity index is 960. The van der Waals surface area contributed by atoms with Crippen molar-refractivity contribution < 1.29 is 14.4 Å². The molecule has 0 bridgehead atoms. The molecule has 9 nitrogen and oxygen atoms in total. The smallest absolute Gasteiger partial charge is 0.158 e. The first kappa shape index (κ1) is 18.9. The van der Waals surface area contributed by atoms with E-state index in [0.29, 0.717) is 24.5 Å². The number of ether oxygens (including phenoxy) is 1. The van der Waals surface area contributed by atoms with E-state index in [9.17, 15) is 5.11 Å². The fourth-order valence-electron chi connectivity index (χ4n) is 3.38. The van der Waals surface area contributed by atoms with Crippen molar-refractivity contribution in [3.63, 3.8) is 0 Å². The van der Waals surface area contributed by atoms with Crippen LogP contribution >= 0.6 is 0 Å². The number of hydrogen-bond acceptors (Lipinski definition) is 8. The number of β-amino-alcohol motifs (C(OH)–C–C–N with tert-alkyl or cyclic N) is 1. The number of anilines is 1. The number of aliphatic hydroxyl groups is 1. The van der Waals surface area contributed by atoms with E-state index < -0.39 is 6.10 Å². The Balaban J connectivity index is 1.55. The number of fused-ring (bicyclic) bond motifs is 1. The summed E-state index contributed by atoms with van der Waals surface area (Å²) in [6.45, 7) is 10.0. The van der Waals surface area contributed by atoms with E-state index in [1.807, 2.05) is 32.9 Å². The molecule has 3 aromatic heterocycles. The maximum Gasteiger partial charge on any atom is 0.158 e. The second kappa shape index (κ2) is 7.86. The van der Waals surface area contributed by atoms with E-state index in [-0.39, 0.29) is 0 Å². The van der Waals surface area contributed by atoms with E-state index in [1.165, 1.54) is 0 Å². The molecule has 0 amide bonds. The van der Waals surface area contributed by atoms with Gasteiger partial charge in [-0.05, 0) is 20.8 Å². The van der Waals surface area contributed by atoms with Crippen LogP contribution in [0, 0.1) is 20.8 Å². The SMILES string of the molecule is Cc1cc(-c2cc3nc(C)c(C)c(NC[C@@H](O)CN4CCOCC4)n3n2)no1. The molecule has 4 rings (SSSR count). The van der Waals surface area contributed by atoms with Gasteiger partial charge in [-0.15, -0.1) is 0 Å². The van der Waals surface area contributed by atoms with Crippen LogP contribution in [0.4, 0.5) is 5.82 Å². The van der Waals surface area contributed by atoms with Crippen molar-refractivity contribution in [1.82, 2.24) is 24.7 Å². The van der Waals surface area contributed by atoms with Gasteiger partial charge in [0.1, 0.15) is 23.0 Å². The molecule has 4 heterocycles. The number of nitrogens with one attached hydrogen (secondary N) is 1. The highest BCUT2D eigenvalue weighted by Gasteiger charge is 2.18. The quantitative estimate of drug-likeness (QED) is 0.656. The summed E-state index contributed by atoms with van der Waals surface area (Å²) < 4.78 is 12.3. The van der Waals surface area contributed by atoms with E-state index in [1.54, 1.807) is 4.52 Å². The van der Waals surface area contributed by atoms with Crippen LogP contribution in [0.5, 0.6) is 0 Å². The van der Waals surface area contributed by atoms with Gasteiger partial charge in [-0.1, -0.05) is 5.16 Å². The molecular formula is C19H26N6O3. The minimum atomic E-state index is -0.491. The Labute approximate surface area is 163 Å². The number of aromatic nitrogens is 4. The summed E-state index contributed by atoms with van der Waals surface area (Å²) in [6.07, 6.45) is -0.491. The Hall–Kier alpha value is -2.49. The van der Waals surface area contributed by atoms with Crippen LogP contribution in [0.15, 0.2) is 16.7 Å². The van der Waals surface area contributed by atoms with Gasteiger partial charge < -0.3 is 19.7 Å². The first-order valence-corrected chi connectivity index (χ1v) is 9.54. The largest absolute Gasteiger partial charge is 0.390 e. The molecule has 0 aromatic carbocycles. The molecular weight excluding hydrogens is 360 g/mol. The molecule has 1 aliphatic heterocycles. The number of morpholine rings is 1. The molecule has 1 fully saturated rings. The maximum absolute atomic E-state index is 10.5. The van der Waals surface area contributed by atoms with Gasteiger partial charge >= 0.3 is 0 Å². The number of hydrogen-bond donors (Lipinski definition) is 2. The van der Waals surface area contributed by atoms with Crippen LogP contribution in [-0.2, 0) is 4.74 Å². The van der Waals surface area contributed by atoms with Crippen molar-refractivity contribution in [2.45, 2.75) is 26.9 Å². The molecule has 1 saturated heterocycles. The molecule has 0 unspecified atom stereocenters. The lowest BCUT2D eigenvalue weighted by Crippen LogP contribution is -2.42. The van der Waals surface area contributed by atoms with Gasteiger partial charge in [0.2, 0.25) is 0 Å². The highest BCUT2D eigenvalue weighted by atomic mass is 16.5. The second-order valence-electron chi connectivity index (χ2n) is 7.24. The molecule has 0 saturated carbocycles. The van der Waals surface area contributed by atoms with Crippen molar-refractivity contribution in [2.24, 2.45) is 0 Å². The average molecular weight is 386 g/mol. The number of nitrogens with zero attached hydrogens (tertiary/aromatic N) is 5. The van der Waals surface area contributed by atoms with Crippen LogP contribution in [0.2, 0.25) is 0 Å². The lowest BCUT2D eigenvalue weighted by Gasteiger charge is -2.28. The van der Waals surface area contributed by atoms with Crippen molar-refractivity contribution in [2.75, 3.05) is 44.7 Å². The first-order chi connectivity index (χ1) is 13.5. The summed E-state index contributed by atoms with van der Waals surface area (Å²) >= 11 is 0. The Kier molecular flexibility index (Phi) is 5.29. The topological polar surface area (TPSA) is 101 Å². The molecule has 28 heavy (non-hydrogen) atoms. The molecule has 2 N–H and O–H groups in total. The minimum Gasteiger partial charge on any atom is -0.390 e. The van der Waals surface area contributed by atoms with E-state index in [4.69, 9.17) is 9.26 Å². The summed E-state index contributed by atoms with van der Waals surface area (Å²) in [5.41, 5.74) is 4.02. The zero-order valence-corrected chi connectivity index (χ0v) is 16.5. The fourth-order valence-corrected chi connectivity index (χ4v) is 3.38. The molecule has 1 atom stereocenters. The second-order valence-corrected chi connectivity index (χ2v) is 7.24. The van der Waals surface area contributed by atoms with Crippen molar-refractivity contribution >= 4 is 11.5 Å². The number of aryl methyl sites for hydroxylation is 2. The van der Waals surface area contributed by atoms with Crippen LogP contribution < -0.4 is 5.32 Å². The Morgan fingerprint density at radius 1 is 1.18 bits per heavy atom. The number of rotatable bonds is 6. The normalized spacial score (nSPS) is 16.6. The van der Waals surface area contributed by atoms with Crippen LogP contribution in [0.25, 0.3) is 17.0 Å². The third-order valence-electron chi connectivity index (χ3n) is 5.05. The number of aliphatic hydroxyl groups excluding tert-OH is 1. The lowest BCUT2D eigenvalue weighted by molar-refractivity contribution is 0.0171. The molecule has 1 aliphatic rings. The zero-order chi connectivity index (χ0) is 19.7. The highest BCUT2D eigenvalue weighted by molar-refractivity contribution is 5.64. The third kappa shape index (κ3) is 3.87. The van der Waals surface area contributed by atoms with Gasteiger partial charge in [-0.3, -0.25) is 4.90 Å². The Morgan fingerprint density at radius 2 is 1.96 bits per heavy atom. The van der Waals surface area contributed by atoms with Gasteiger partial charge in [-0.25, -0.2) is 4.98 Å². The summed E-state index contributed by atoms with van der Waals surface area (Å²) in [6, 6.07) is 3.74. The summed E-state index contributed by atoms with van der Waals surface area (Å²) in [4.78, 5) is 6.84. The predicted octanol–water partition coefficient (Wildman–Crippen LogP) is 1.41. The highest BCUT2D eigenvalue weighted by Crippen LogP contribution is 2.24. The van der Waals surface area contributed by atoms with E-state index in [2.05, 4.69) is 25.5 Å². The van der Waals surface area contributed by atoms with Crippen LogP contribution in [0.3, 0.4) is 0 Å². The third-order valence-corrected chi connectivity index (χ3v) is 5.05. The maximum atomic E-state index is 10.5. The summed E-state index contributed by atoms with van der Waals surface area (Å²) in [5.74, 6) is 1.56. The average Bonchev–Trinajstić information content (AvgIpc) is 3.29. The summed E-state index contributed by atoms with van der Waals surface area (Å²) in [5, 5.41) is 22.5.